The molecule has 1 aliphatic rings. The van der Waals surface area contributed by atoms with Gasteiger partial charge >= 0.3 is 0 Å². The van der Waals surface area contributed by atoms with Gasteiger partial charge in [0.15, 0.2) is 0 Å². The summed E-state index contributed by atoms with van der Waals surface area (Å²) in [6, 6.07) is 6.88. The molecule has 0 radical (unpaired) electrons. The van der Waals surface area contributed by atoms with Crippen molar-refractivity contribution in [3.05, 3.63) is 28.8 Å². The molecular formula is C14H18ClN5S. The molecule has 0 unspecified atom stereocenters. The number of hydrogen-bond donors (Lipinski definition) is 1. The predicted octanol–water partition coefficient (Wildman–Crippen LogP) is 3.31. The number of aromatic nitrogens is 4. The van der Waals surface area contributed by atoms with Gasteiger partial charge in [0.1, 0.15) is 0 Å². The molecule has 21 heavy (non-hydrogen) atoms. The molecule has 112 valence electrons. The molecule has 7 heteroatoms. The van der Waals surface area contributed by atoms with Crippen molar-refractivity contribution in [2.75, 3.05) is 0 Å². The van der Waals surface area contributed by atoms with Crippen molar-refractivity contribution in [3.8, 4) is 0 Å². The summed E-state index contributed by atoms with van der Waals surface area (Å²) in [5, 5.41) is 17.0. The average molecular weight is 324 g/mol. The Bertz CT molecular complexity index is 624. The Morgan fingerprint density at radius 3 is 2.95 bits per heavy atom. The molecular weight excluding hydrogens is 306 g/mol. The van der Waals surface area contributed by atoms with E-state index in [-0.39, 0.29) is 0 Å². The molecule has 1 saturated carbocycles. The fourth-order valence-electron chi connectivity index (χ4n) is 1.98. The number of nitrogens with zero attached hydrogens (tertiary/aromatic N) is 4. The summed E-state index contributed by atoms with van der Waals surface area (Å²) in [5.74, 6) is 0. The molecule has 0 amide bonds. The van der Waals surface area contributed by atoms with Crippen molar-refractivity contribution in [2.45, 2.75) is 55.4 Å². The number of rotatable bonds is 6. The van der Waals surface area contributed by atoms with Crippen LogP contribution in [-0.2, 0) is 6.54 Å². The Morgan fingerprint density at radius 1 is 1.43 bits per heavy atom. The Labute approximate surface area is 133 Å². The molecule has 0 spiro atoms. The van der Waals surface area contributed by atoms with Crippen LogP contribution in [0.25, 0.3) is 0 Å². The van der Waals surface area contributed by atoms with E-state index in [0.29, 0.717) is 12.1 Å². The zero-order chi connectivity index (χ0) is 14.8. The lowest BCUT2D eigenvalue weighted by Gasteiger charge is -2.12. The van der Waals surface area contributed by atoms with Gasteiger partial charge in [-0.1, -0.05) is 31.5 Å². The van der Waals surface area contributed by atoms with Crippen molar-refractivity contribution >= 4 is 23.4 Å². The van der Waals surface area contributed by atoms with Crippen molar-refractivity contribution in [2.24, 2.45) is 0 Å². The van der Waals surface area contributed by atoms with Crippen LogP contribution in [0.2, 0.25) is 5.02 Å². The first kappa shape index (κ1) is 14.8. The minimum atomic E-state index is 0.440. The van der Waals surface area contributed by atoms with Crippen LogP contribution in [-0.4, -0.2) is 26.2 Å². The molecule has 0 atom stereocenters. The van der Waals surface area contributed by atoms with Crippen LogP contribution in [0.4, 0.5) is 0 Å². The fourth-order valence-corrected chi connectivity index (χ4v) is 3.23. The topological polar surface area (TPSA) is 55.6 Å². The molecule has 5 nitrogen and oxygen atoms in total. The second-order valence-corrected chi connectivity index (χ2v) is 6.97. The lowest BCUT2D eigenvalue weighted by molar-refractivity contribution is 0.565. The minimum absolute atomic E-state index is 0.440. The van der Waals surface area contributed by atoms with Crippen molar-refractivity contribution in [1.82, 2.24) is 25.5 Å². The first-order valence-corrected chi connectivity index (χ1v) is 8.30. The normalized spacial score (nSPS) is 14.9. The molecule has 0 bridgehead atoms. The van der Waals surface area contributed by atoms with E-state index in [4.69, 9.17) is 11.6 Å². The van der Waals surface area contributed by atoms with Crippen LogP contribution in [0.3, 0.4) is 0 Å². The van der Waals surface area contributed by atoms with Crippen LogP contribution >= 0.6 is 23.4 Å². The van der Waals surface area contributed by atoms with Gasteiger partial charge in [-0.3, -0.25) is 0 Å². The molecule has 1 aliphatic carbocycles. The Balaban J connectivity index is 1.82. The molecule has 1 fully saturated rings. The van der Waals surface area contributed by atoms with Crippen molar-refractivity contribution < 1.29 is 0 Å². The molecule has 0 saturated heterocycles. The van der Waals surface area contributed by atoms with Gasteiger partial charge in [-0.15, -0.1) is 5.10 Å². The number of tetrazole rings is 1. The largest absolute Gasteiger partial charge is 0.310 e. The highest BCUT2D eigenvalue weighted by Crippen LogP contribution is 2.39. The van der Waals surface area contributed by atoms with E-state index < -0.39 is 0 Å². The maximum atomic E-state index is 6.14. The maximum Gasteiger partial charge on any atom is 0.214 e. The summed E-state index contributed by atoms with van der Waals surface area (Å²) in [5.41, 5.74) is 1.21. The Kier molecular flexibility index (Phi) is 4.47. The molecule has 0 aliphatic heterocycles. The van der Waals surface area contributed by atoms with Gasteiger partial charge in [0.05, 0.1) is 6.04 Å². The van der Waals surface area contributed by atoms with Crippen LogP contribution in [0.15, 0.2) is 28.3 Å². The lowest BCUT2D eigenvalue weighted by Crippen LogP contribution is -2.22. The van der Waals surface area contributed by atoms with Crippen LogP contribution in [0.1, 0.15) is 38.3 Å². The molecule has 1 aromatic heterocycles. The monoisotopic (exact) mass is 323 g/mol. The summed E-state index contributed by atoms with van der Waals surface area (Å²) in [4.78, 5) is 1.10. The highest BCUT2D eigenvalue weighted by molar-refractivity contribution is 7.99. The smallest absolute Gasteiger partial charge is 0.214 e. The zero-order valence-electron chi connectivity index (χ0n) is 12.1. The molecule has 1 heterocycles. The standard InChI is InChI=1S/C14H18ClN5S/c1-9(2)16-8-10-3-4-11(15)7-13(10)21-14-17-18-19-20(14)12-5-6-12/h3-4,7,9,12,16H,5-6,8H2,1-2H3. The number of hydrogen-bond acceptors (Lipinski definition) is 5. The number of nitrogens with one attached hydrogen (secondary N) is 1. The molecule has 2 aromatic rings. The molecule has 1 N–H and O–H groups in total. The van der Waals surface area contributed by atoms with Crippen LogP contribution in [0, 0.1) is 0 Å². The fraction of sp³-hybridized carbons (Fsp3) is 0.500. The summed E-state index contributed by atoms with van der Waals surface area (Å²) >= 11 is 7.73. The highest BCUT2D eigenvalue weighted by Gasteiger charge is 2.28. The molecule has 1 aromatic carbocycles. The molecule has 3 rings (SSSR count). The summed E-state index contributed by atoms with van der Waals surface area (Å²) < 4.78 is 1.92. The van der Waals surface area contributed by atoms with Gasteiger partial charge < -0.3 is 5.32 Å². The van der Waals surface area contributed by atoms with Gasteiger partial charge in [0, 0.05) is 22.5 Å². The number of halogens is 1. The van der Waals surface area contributed by atoms with E-state index in [1.165, 1.54) is 5.56 Å². The average Bonchev–Trinajstić information content (AvgIpc) is 3.18. The highest BCUT2D eigenvalue weighted by atomic mass is 35.5. The van der Waals surface area contributed by atoms with Gasteiger partial charge in [-0.2, -0.15) is 0 Å². The first-order chi connectivity index (χ1) is 10.1. The summed E-state index contributed by atoms with van der Waals surface area (Å²) in [7, 11) is 0. The van der Waals surface area contributed by atoms with Crippen molar-refractivity contribution in [3.63, 3.8) is 0 Å². The summed E-state index contributed by atoms with van der Waals surface area (Å²) in [6.07, 6.45) is 2.33. The van der Waals surface area contributed by atoms with E-state index in [1.54, 1.807) is 11.8 Å². The third-order valence-corrected chi connectivity index (χ3v) is 4.57. The van der Waals surface area contributed by atoms with Crippen LogP contribution in [0.5, 0.6) is 0 Å². The minimum Gasteiger partial charge on any atom is -0.310 e. The third-order valence-electron chi connectivity index (χ3n) is 3.29. The third kappa shape index (κ3) is 3.75. The Hall–Kier alpha value is -1.11. The number of benzene rings is 1. The van der Waals surface area contributed by atoms with Crippen LogP contribution < -0.4 is 5.32 Å². The van der Waals surface area contributed by atoms with Gasteiger partial charge in [0.25, 0.3) is 0 Å². The predicted molar refractivity (Wildman–Crippen MR) is 83.6 cm³/mol. The lowest BCUT2D eigenvalue weighted by atomic mass is 10.2. The van der Waals surface area contributed by atoms with E-state index in [2.05, 4.69) is 40.8 Å². The second-order valence-electron chi connectivity index (χ2n) is 5.53. The van der Waals surface area contributed by atoms with Gasteiger partial charge in [-0.25, -0.2) is 4.68 Å². The van der Waals surface area contributed by atoms with E-state index in [0.717, 1.165) is 34.5 Å². The quantitative estimate of drug-likeness (QED) is 0.884. The van der Waals surface area contributed by atoms with Gasteiger partial charge in [-0.05, 0) is 52.7 Å². The zero-order valence-corrected chi connectivity index (χ0v) is 13.7. The second kappa shape index (κ2) is 6.34. The van der Waals surface area contributed by atoms with E-state index >= 15 is 0 Å². The summed E-state index contributed by atoms with van der Waals surface area (Å²) in [6.45, 7) is 5.08. The van der Waals surface area contributed by atoms with Crippen molar-refractivity contribution in [1.29, 1.82) is 0 Å². The van der Waals surface area contributed by atoms with E-state index in [9.17, 15) is 0 Å². The first-order valence-electron chi connectivity index (χ1n) is 7.11. The van der Waals surface area contributed by atoms with Gasteiger partial charge in [0.2, 0.25) is 5.16 Å². The Morgan fingerprint density at radius 2 is 2.24 bits per heavy atom. The maximum absolute atomic E-state index is 6.14. The van der Waals surface area contributed by atoms with E-state index in [1.807, 2.05) is 16.8 Å². The SMILES string of the molecule is CC(C)NCc1ccc(Cl)cc1Sc1nnnn1C1CC1.